The number of hydrogen-bond donors (Lipinski definition) is 1. The van der Waals surface area contributed by atoms with Crippen molar-refractivity contribution in [2.75, 3.05) is 44.2 Å². The molecule has 0 amide bonds. The molecule has 5 nitrogen and oxygen atoms in total. The lowest BCUT2D eigenvalue weighted by Gasteiger charge is -2.37. The van der Waals surface area contributed by atoms with Crippen LogP contribution in [0.2, 0.25) is 0 Å². The van der Waals surface area contributed by atoms with Crippen molar-refractivity contribution >= 4 is 23.1 Å². The first-order valence-electron chi connectivity index (χ1n) is 7.63. The maximum absolute atomic E-state index is 5.61. The molecule has 0 spiro atoms. The van der Waals surface area contributed by atoms with Gasteiger partial charge in [0.25, 0.3) is 0 Å². The van der Waals surface area contributed by atoms with E-state index in [1.165, 1.54) is 6.42 Å². The number of ether oxygens (including phenoxy) is 1. The molecule has 2 aliphatic heterocycles. The van der Waals surface area contributed by atoms with Crippen molar-refractivity contribution in [2.45, 2.75) is 18.9 Å². The molecule has 0 bridgehead atoms. The van der Waals surface area contributed by atoms with Gasteiger partial charge < -0.3 is 19.9 Å². The molecule has 1 aromatic rings. The monoisotopic (exact) mass is 306 g/mol. The summed E-state index contributed by atoms with van der Waals surface area (Å²) in [6.07, 6.45) is 4.48. The second kappa shape index (κ2) is 7.04. The minimum Gasteiger partial charge on any atom is -0.376 e. The second-order valence-corrected chi connectivity index (χ2v) is 5.87. The van der Waals surface area contributed by atoms with Crippen LogP contribution < -0.4 is 10.2 Å². The molecular formula is C15H22N4OS. The normalized spacial score (nSPS) is 22.4. The molecule has 0 saturated carbocycles. The van der Waals surface area contributed by atoms with Gasteiger partial charge in [0.05, 0.1) is 6.10 Å². The van der Waals surface area contributed by atoms with Gasteiger partial charge in [-0.3, -0.25) is 0 Å². The number of anilines is 1. The molecule has 1 N–H and O–H groups in total. The van der Waals surface area contributed by atoms with Crippen LogP contribution in [0.5, 0.6) is 0 Å². The SMILES string of the molecule is S=C(NC[C@@H]1CCCO1)N1CCN(c2ccccn2)CC1. The third kappa shape index (κ3) is 3.83. The molecule has 0 aliphatic carbocycles. The lowest BCUT2D eigenvalue weighted by Crippen LogP contribution is -2.52. The van der Waals surface area contributed by atoms with E-state index in [1.807, 2.05) is 18.3 Å². The van der Waals surface area contributed by atoms with E-state index in [9.17, 15) is 0 Å². The maximum Gasteiger partial charge on any atom is 0.169 e. The predicted molar refractivity (Wildman–Crippen MR) is 87.6 cm³/mol. The van der Waals surface area contributed by atoms with Crippen LogP contribution in [-0.2, 0) is 4.74 Å². The Morgan fingerprint density at radius 3 is 2.86 bits per heavy atom. The van der Waals surface area contributed by atoms with Crippen molar-refractivity contribution < 1.29 is 4.74 Å². The quantitative estimate of drug-likeness (QED) is 0.848. The van der Waals surface area contributed by atoms with Crippen LogP contribution in [0.25, 0.3) is 0 Å². The number of piperazine rings is 1. The summed E-state index contributed by atoms with van der Waals surface area (Å²) >= 11 is 5.49. The number of pyridine rings is 1. The fourth-order valence-electron chi connectivity index (χ4n) is 2.80. The molecule has 114 valence electrons. The van der Waals surface area contributed by atoms with Crippen LogP contribution in [0, 0.1) is 0 Å². The molecule has 6 heteroatoms. The van der Waals surface area contributed by atoms with Crippen LogP contribution in [0.15, 0.2) is 24.4 Å². The first-order chi connectivity index (χ1) is 10.3. The standard InChI is InChI=1S/C15H22N4OS/c21-15(17-12-13-4-3-11-20-13)19-9-7-18(8-10-19)14-5-1-2-6-16-14/h1-2,5-6,13H,3-4,7-12H2,(H,17,21)/t13-/m0/s1. The molecular weight excluding hydrogens is 284 g/mol. The summed E-state index contributed by atoms with van der Waals surface area (Å²) in [5.74, 6) is 1.05. The number of nitrogens with zero attached hydrogens (tertiary/aromatic N) is 3. The first-order valence-corrected chi connectivity index (χ1v) is 8.04. The fourth-order valence-corrected chi connectivity index (χ4v) is 3.06. The Morgan fingerprint density at radius 2 is 2.19 bits per heavy atom. The highest BCUT2D eigenvalue weighted by molar-refractivity contribution is 7.80. The topological polar surface area (TPSA) is 40.6 Å². The number of rotatable bonds is 3. The van der Waals surface area contributed by atoms with Gasteiger partial charge >= 0.3 is 0 Å². The molecule has 1 aromatic heterocycles. The van der Waals surface area contributed by atoms with Gasteiger partial charge in [-0.05, 0) is 37.2 Å². The average Bonchev–Trinajstić information content (AvgIpc) is 3.07. The third-order valence-electron chi connectivity index (χ3n) is 4.05. The molecule has 2 fully saturated rings. The molecule has 3 heterocycles. The van der Waals surface area contributed by atoms with Gasteiger partial charge in [-0.2, -0.15) is 0 Å². The zero-order valence-corrected chi connectivity index (χ0v) is 13.0. The Balaban J connectivity index is 1.43. The van der Waals surface area contributed by atoms with Gasteiger partial charge in [-0.25, -0.2) is 4.98 Å². The Kier molecular flexibility index (Phi) is 4.87. The molecule has 2 saturated heterocycles. The number of nitrogens with one attached hydrogen (secondary N) is 1. The summed E-state index contributed by atoms with van der Waals surface area (Å²) in [6.45, 7) is 5.51. The molecule has 1 atom stereocenters. The van der Waals surface area contributed by atoms with Crippen molar-refractivity contribution in [3.8, 4) is 0 Å². The Labute approximate surface area is 131 Å². The van der Waals surface area contributed by atoms with Crippen LogP contribution >= 0.6 is 12.2 Å². The molecule has 3 rings (SSSR count). The van der Waals surface area contributed by atoms with Crippen LogP contribution in [0.3, 0.4) is 0 Å². The minimum atomic E-state index is 0.331. The Morgan fingerprint density at radius 1 is 1.33 bits per heavy atom. The summed E-state index contributed by atoms with van der Waals surface area (Å²) < 4.78 is 5.61. The fraction of sp³-hybridized carbons (Fsp3) is 0.600. The summed E-state index contributed by atoms with van der Waals surface area (Å²) in [6, 6.07) is 6.04. The third-order valence-corrected chi connectivity index (χ3v) is 4.45. The molecule has 0 unspecified atom stereocenters. The van der Waals surface area contributed by atoms with E-state index in [4.69, 9.17) is 17.0 Å². The number of hydrogen-bond acceptors (Lipinski definition) is 4. The molecule has 0 radical (unpaired) electrons. The van der Waals surface area contributed by atoms with Crippen molar-refractivity contribution in [3.05, 3.63) is 24.4 Å². The summed E-state index contributed by atoms with van der Waals surface area (Å²) in [7, 11) is 0. The van der Waals surface area contributed by atoms with E-state index in [2.05, 4.69) is 26.2 Å². The van der Waals surface area contributed by atoms with E-state index in [0.717, 1.165) is 56.7 Å². The van der Waals surface area contributed by atoms with E-state index < -0.39 is 0 Å². The van der Waals surface area contributed by atoms with Gasteiger partial charge in [0.15, 0.2) is 5.11 Å². The van der Waals surface area contributed by atoms with Crippen molar-refractivity contribution in [1.82, 2.24) is 15.2 Å². The summed E-state index contributed by atoms with van der Waals surface area (Å²) in [5, 5.41) is 4.20. The van der Waals surface area contributed by atoms with Gasteiger partial charge in [0, 0.05) is 45.5 Å². The van der Waals surface area contributed by atoms with Crippen LogP contribution in [0.4, 0.5) is 5.82 Å². The zero-order valence-electron chi connectivity index (χ0n) is 12.2. The van der Waals surface area contributed by atoms with Gasteiger partial charge in [0.2, 0.25) is 0 Å². The zero-order chi connectivity index (χ0) is 14.5. The van der Waals surface area contributed by atoms with E-state index in [0.29, 0.717) is 6.10 Å². The first kappa shape index (κ1) is 14.5. The van der Waals surface area contributed by atoms with Gasteiger partial charge in [0.1, 0.15) is 5.82 Å². The number of thiocarbonyl (C=S) groups is 1. The minimum absolute atomic E-state index is 0.331. The lowest BCUT2D eigenvalue weighted by molar-refractivity contribution is 0.113. The maximum atomic E-state index is 5.61. The van der Waals surface area contributed by atoms with E-state index in [-0.39, 0.29) is 0 Å². The molecule has 2 aliphatic rings. The number of aromatic nitrogens is 1. The second-order valence-electron chi connectivity index (χ2n) is 5.48. The van der Waals surface area contributed by atoms with Crippen molar-refractivity contribution in [3.63, 3.8) is 0 Å². The van der Waals surface area contributed by atoms with Crippen molar-refractivity contribution in [2.24, 2.45) is 0 Å². The van der Waals surface area contributed by atoms with E-state index >= 15 is 0 Å². The summed E-state index contributed by atoms with van der Waals surface area (Å²) in [5.41, 5.74) is 0. The highest BCUT2D eigenvalue weighted by Gasteiger charge is 2.21. The average molecular weight is 306 g/mol. The Bertz CT molecular complexity index is 456. The van der Waals surface area contributed by atoms with Crippen LogP contribution in [0.1, 0.15) is 12.8 Å². The van der Waals surface area contributed by atoms with Crippen LogP contribution in [-0.4, -0.2) is 60.4 Å². The van der Waals surface area contributed by atoms with Gasteiger partial charge in [-0.15, -0.1) is 0 Å². The molecule has 0 aromatic carbocycles. The smallest absolute Gasteiger partial charge is 0.169 e. The van der Waals surface area contributed by atoms with Crippen molar-refractivity contribution in [1.29, 1.82) is 0 Å². The highest BCUT2D eigenvalue weighted by atomic mass is 32.1. The lowest BCUT2D eigenvalue weighted by atomic mass is 10.2. The van der Waals surface area contributed by atoms with E-state index in [1.54, 1.807) is 0 Å². The van der Waals surface area contributed by atoms with Gasteiger partial charge in [-0.1, -0.05) is 6.07 Å². The molecule has 21 heavy (non-hydrogen) atoms. The largest absolute Gasteiger partial charge is 0.376 e. The Hall–Kier alpha value is -1.40. The highest BCUT2D eigenvalue weighted by Crippen LogP contribution is 2.13. The summed E-state index contributed by atoms with van der Waals surface area (Å²) in [4.78, 5) is 8.95. The predicted octanol–water partition coefficient (Wildman–Crippen LogP) is 1.26.